The maximum Gasteiger partial charge on any atom is 0.178 e. The number of halogens is 3. The summed E-state index contributed by atoms with van der Waals surface area (Å²) in [7, 11) is 1.46. The van der Waals surface area contributed by atoms with Gasteiger partial charge in [-0.25, -0.2) is 18.1 Å². The molecular formula is C22H27ClF2N6O4. The Kier molecular flexibility index (Phi) is 7.21. The molecule has 2 aromatic heterocycles. The lowest BCUT2D eigenvalue weighted by Gasteiger charge is -2.43. The fourth-order valence-corrected chi connectivity index (χ4v) is 4.27. The number of nitrogens with zero attached hydrogens (tertiary/aromatic N) is 6. The topological polar surface area (TPSA) is 120 Å². The van der Waals surface area contributed by atoms with Crippen LogP contribution in [0.25, 0.3) is 11.3 Å². The first kappa shape index (κ1) is 25.6. The first-order chi connectivity index (χ1) is 16.5. The average Bonchev–Trinajstić information content (AvgIpc) is 3.48. The molecule has 0 saturated carbocycles. The van der Waals surface area contributed by atoms with E-state index in [1.54, 1.807) is 10.9 Å². The number of aromatic nitrogens is 6. The third kappa shape index (κ3) is 4.94. The van der Waals surface area contributed by atoms with E-state index in [1.165, 1.54) is 30.1 Å². The fraction of sp³-hybridized carbons (Fsp3) is 0.545. The largest absolute Gasteiger partial charge is 0.394 e. The lowest BCUT2D eigenvalue weighted by atomic mass is 9.90. The summed E-state index contributed by atoms with van der Waals surface area (Å²) >= 11 is 5.64. The van der Waals surface area contributed by atoms with Crippen LogP contribution in [0.1, 0.15) is 32.5 Å². The summed E-state index contributed by atoms with van der Waals surface area (Å²) in [5.74, 6) is -2.35. The molecule has 35 heavy (non-hydrogen) atoms. The second kappa shape index (κ2) is 9.86. The van der Waals surface area contributed by atoms with Crippen molar-refractivity contribution in [2.45, 2.75) is 63.2 Å². The van der Waals surface area contributed by atoms with Crippen molar-refractivity contribution in [3.63, 3.8) is 0 Å². The summed E-state index contributed by atoms with van der Waals surface area (Å²) in [6.45, 7) is 5.52. The molecule has 1 saturated heterocycles. The number of aliphatic hydroxyl groups is 2. The van der Waals surface area contributed by atoms with Gasteiger partial charge in [0.1, 0.15) is 30.0 Å². The van der Waals surface area contributed by atoms with E-state index in [0.29, 0.717) is 5.69 Å². The Morgan fingerprint density at radius 1 is 1.11 bits per heavy atom. The van der Waals surface area contributed by atoms with E-state index in [2.05, 4.69) is 20.6 Å². The van der Waals surface area contributed by atoms with Crippen molar-refractivity contribution in [3.05, 3.63) is 46.9 Å². The molecule has 3 heterocycles. The molecule has 0 amide bonds. The number of aliphatic hydroxyl groups excluding tert-OH is 2. The van der Waals surface area contributed by atoms with Gasteiger partial charge in [0.05, 0.1) is 35.2 Å². The third-order valence-electron chi connectivity index (χ3n) is 6.00. The van der Waals surface area contributed by atoms with Crippen molar-refractivity contribution in [3.8, 4) is 11.3 Å². The molecule has 10 nitrogen and oxygen atoms in total. The number of methoxy groups -OCH3 is 1. The zero-order valence-corrected chi connectivity index (χ0v) is 20.4. The van der Waals surface area contributed by atoms with Gasteiger partial charge in [-0.2, -0.15) is 0 Å². The van der Waals surface area contributed by atoms with E-state index < -0.39 is 48.7 Å². The lowest BCUT2D eigenvalue weighted by Crippen LogP contribution is -2.57. The smallest absolute Gasteiger partial charge is 0.178 e. The second-order valence-electron chi connectivity index (χ2n) is 9.41. The Morgan fingerprint density at radius 2 is 1.86 bits per heavy atom. The molecular weight excluding hydrogens is 486 g/mol. The van der Waals surface area contributed by atoms with Crippen LogP contribution in [0, 0.1) is 11.6 Å². The van der Waals surface area contributed by atoms with Crippen LogP contribution < -0.4 is 0 Å². The fourth-order valence-electron chi connectivity index (χ4n) is 4.13. The molecule has 0 aliphatic carbocycles. The van der Waals surface area contributed by atoms with E-state index in [0.717, 1.165) is 0 Å². The molecule has 190 valence electrons. The highest BCUT2D eigenvalue weighted by Gasteiger charge is 2.47. The van der Waals surface area contributed by atoms with E-state index >= 15 is 0 Å². The molecule has 0 spiro atoms. The highest BCUT2D eigenvalue weighted by Crippen LogP contribution is 2.34. The second-order valence-corrected chi connectivity index (χ2v) is 9.82. The Balaban J connectivity index is 1.66. The van der Waals surface area contributed by atoms with Crippen LogP contribution in [0.15, 0.2) is 24.5 Å². The highest BCUT2D eigenvalue weighted by atomic mass is 35.5. The van der Waals surface area contributed by atoms with Gasteiger partial charge >= 0.3 is 0 Å². The Morgan fingerprint density at radius 3 is 2.49 bits per heavy atom. The summed E-state index contributed by atoms with van der Waals surface area (Å²) in [5, 5.41) is 36.8. The molecule has 5 atom stereocenters. The molecule has 0 radical (unpaired) electrons. The SMILES string of the molecule is CO[C@@H]1[C@@H](n2cc(-c3ccc(Cl)c(F)c3F)nn2)[C@@H](O)[C@@H](CO)O[C@@H]1Cc1cn(C(C)(C)C)nn1. The summed E-state index contributed by atoms with van der Waals surface area (Å²) in [4.78, 5) is 0. The number of hydrogen-bond acceptors (Lipinski definition) is 8. The van der Waals surface area contributed by atoms with Gasteiger partial charge in [-0.1, -0.05) is 22.0 Å². The van der Waals surface area contributed by atoms with Crippen LogP contribution in [0.5, 0.6) is 0 Å². The van der Waals surface area contributed by atoms with Crippen LogP contribution >= 0.6 is 11.6 Å². The summed E-state index contributed by atoms with van der Waals surface area (Å²) in [6, 6.07) is 1.66. The molecule has 13 heteroatoms. The van der Waals surface area contributed by atoms with Gasteiger partial charge in [-0.3, -0.25) is 0 Å². The van der Waals surface area contributed by atoms with Crippen molar-refractivity contribution >= 4 is 11.6 Å². The van der Waals surface area contributed by atoms with Gasteiger partial charge in [0, 0.05) is 25.3 Å². The van der Waals surface area contributed by atoms with Gasteiger partial charge in [-0.15, -0.1) is 10.2 Å². The van der Waals surface area contributed by atoms with Crippen molar-refractivity contribution in [2.75, 3.05) is 13.7 Å². The molecule has 2 N–H and O–H groups in total. The maximum absolute atomic E-state index is 14.4. The predicted octanol–water partition coefficient (Wildman–Crippen LogP) is 2.14. The zero-order chi connectivity index (χ0) is 25.5. The molecule has 1 fully saturated rings. The third-order valence-corrected chi connectivity index (χ3v) is 6.29. The van der Waals surface area contributed by atoms with Crippen molar-refractivity contribution in [2.24, 2.45) is 0 Å². The van der Waals surface area contributed by atoms with Crippen LogP contribution in [0.4, 0.5) is 8.78 Å². The van der Waals surface area contributed by atoms with Gasteiger partial charge in [0.2, 0.25) is 0 Å². The first-order valence-corrected chi connectivity index (χ1v) is 11.4. The Hall–Kier alpha value is -2.51. The van der Waals surface area contributed by atoms with E-state index in [1.807, 2.05) is 20.8 Å². The van der Waals surface area contributed by atoms with Crippen molar-refractivity contribution in [1.82, 2.24) is 30.0 Å². The Bertz CT molecular complexity index is 1180. The van der Waals surface area contributed by atoms with Crippen LogP contribution in [0.2, 0.25) is 5.02 Å². The maximum atomic E-state index is 14.4. The number of hydrogen-bond donors (Lipinski definition) is 2. The monoisotopic (exact) mass is 512 g/mol. The highest BCUT2D eigenvalue weighted by molar-refractivity contribution is 6.30. The molecule has 0 bridgehead atoms. The average molecular weight is 513 g/mol. The van der Waals surface area contributed by atoms with Crippen LogP contribution in [-0.4, -0.2) is 78.3 Å². The van der Waals surface area contributed by atoms with Crippen molar-refractivity contribution in [1.29, 1.82) is 0 Å². The molecule has 0 unspecified atom stereocenters. The summed E-state index contributed by atoms with van der Waals surface area (Å²) in [6.07, 6.45) is -0.0954. The minimum Gasteiger partial charge on any atom is -0.394 e. The van der Waals surface area contributed by atoms with E-state index in [4.69, 9.17) is 21.1 Å². The van der Waals surface area contributed by atoms with Gasteiger partial charge in [0.15, 0.2) is 11.6 Å². The van der Waals surface area contributed by atoms with Crippen molar-refractivity contribution < 1.29 is 28.5 Å². The van der Waals surface area contributed by atoms with Gasteiger partial charge < -0.3 is 19.7 Å². The molecule has 1 aromatic carbocycles. The zero-order valence-electron chi connectivity index (χ0n) is 19.6. The van der Waals surface area contributed by atoms with Gasteiger partial charge in [-0.05, 0) is 32.9 Å². The lowest BCUT2D eigenvalue weighted by molar-refractivity contribution is -0.212. The van der Waals surface area contributed by atoms with E-state index in [-0.39, 0.29) is 28.2 Å². The molecule has 1 aliphatic rings. The van der Waals surface area contributed by atoms with E-state index in [9.17, 15) is 19.0 Å². The minimum atomic E-state index is -1.23. The summed E-state index contributed by atoms with van der Waals surface area (Å²) in [5.41, 5.74) is 0.274. The van der Waals surface area contributed by atoms with Crippen LogP contribution in [-0.2, 0) is 21.4 Å². The number of benzene rings is 1. The first-order valence-electron chi connectivity index (χ1n) is 11.0. The predicted molar refractivity (Wildman–Crippen MR) is 121 cm³/mol. The standard InChI is InChI=1S/C22H27ClF2N6O4/c1-22(2,3)31-8-11(26-29-31)7-15-21(34-4)19(20(33)16(10-32)35-15)30-9-14(27-28-30)12-5-6-13(23)18(25)17(12)24/h5-6,8-9,15-16,19-21,32-33H,7,10H2,1-4H3/t15-,16-,19+,20+,21+/m1/s1. The number of rotatable bonds is 6. The summed E-state index contributed by atoms with van der Waals surface area (Å²) < 4.78 is 43.1. The molecule has 3 aromatic rings. The quantitative estimate of drug-likeness (QED) is 0.482. The minimum absolute atomic E-state index is 0.0387. The molecule has 4 rings (SSSR count). The molecule has 1 aliphatic heterocycles. The Labute approximate surface area is 205 Å². The normalized spacial score (nSPS) is 25.2. The van der Waals surface area contributed by atoms with Gasteiger partial charge in [0.25, 0.3) is 0 Å². The number of ether oxygens (including phenoxy) is 2. The van der Waals surface area contributed by atoms with Crippen LogP contribution in [0.3, 0.4) is 0 Å².